The highest BCUT2D eigenvalue weighted by atomic mass is 19.1. The highest BCUT2D eigenvalue weighted by Gasteiger charge is 2.25. The van der Waals surface area contributed by atoms with Gasteiger partial charge in [0.1, 0.15) is 5.82 Å². The molecule has 3 rings (SSSR count). The Labute approximate surface area is 132 Å². The Morgan fingerprint density at radius 3 is 3.09 bits per heavy atom. The molecular weight excluding hydrogens is 303 g/mol. The summed E-state index contributed by atoms with van der Waals surface area (Å²) in [5, 5.41) is 7.48. The van der Waals surface area contributed by atoms with Gasteiger partial charge in [0.15, 0.2) is 11.6 Å². The number of nitrogens with one attached hydrogen (secondary N) is 1. The van der Waals surface area contributed by atoms with E-state index in [0.29, 0.717) is 18.9 Å². The molecule has 8 heteroatoms. The van der Waals surface area contributed by atoms with Crippen LogP contribution in [-0.2, 0) is 17.8 Å². The van der Waals surface area contributed by atoms with E-state index >= 15 is 0 Å². The van der Waals surface area contributed by atoms with Crippen LogP contribution < -0.4 is 10.1 Å². The number of aromatic nitrogens is 3. The van der Waals surface area contributed by atoms with E-state index in [1.165, 1.54) is 13.2 Å². The summed E-state index contributed by atoms with van der Waals surface area (Å²) in [6.45, 7) is 2.94. The van der Waals surface area contributed by atoms with Crippen LogP contribution >= 0.6 is 0 Å². The lowest BCUT2D eigenvalue weighted by atomic mass is 10.1. The maximum Gasteiger partial charge on any atom is 0.378 e. The van der Waals surface area contributed by atoms with E-state index < -0.39 is 11.8 Å². The van der Waals surface area contributed by atoms with Crippen LogP contribution in [0.5, 0.6) is 5.75 Å². The Morgan fingerprint density at radius 2 is 2.35 bits per heavy atom. The van der Waals surface area contributed by atoms with Crippen molar-refractivity contribution in [2.45, 2.75) is 26.1 Å². The summed E-state index contributed by atoms with van der Waals surface area (Å²) in [5.74, 6) is -0.0206. The van der Waals surface area contributed by atoms with E-state index in [1.54, 1.807) is 23.7 Å². The first-order chi connectivity index (χ1) is 11.1. The molecule has 1 aliphatic heterocycles. The van der Waals surface area contributed by atoms with Gasteiger partial charge in [-0.2, -0.15) is 0 Å². The van der Waals surface area contributed by atoms with Crippen LogP contribution in [0.2, 0.25) is 0 Å². The number of methoxy groups -OCH3 is 1. The minimum atomic E-state index is -0.533. The lowest BCUT2D eigenvalue weighted by molar-refractivity contribution is 0.0511. The third-order valence-electron chi connectivity index (χ3n) is 3.65. The number of ether oxygens (including phenoxy) is 2. The lowest BCUT2D eigenvalue weighted by Gasteiger charge is -2.24. The van der Waals surface area contributed by atoms with Crippen molar-refractivity contribution in [1.29, 1.82) is 0 Å². The van der Waals surface area contributed by atoms with Crippen molar-refractivity contribution < 1.29 is 18.7 Å². The summed E-state index contributed by atoms with van der Waals surface area (Å²) in [5.41, 5.74) is 0.877. The minimum Gasteiger partial charge on any atom is -0.494 e. The highest BCUT2D eigenvalue weighted by molar-refractivity contribution is 5.84. The van der Waals surface area contributed by atoms with E-state index in [4.69, 9.17) is 9.47 Å². The molecule has 0 radical (unpaired) electrons. The number of benzene rings is 1. The Kier molecular flexibility index (Phi) is 4.24. The monoisotopic (exact) mass is 320 g/mol. The average molecular weight is 320 g/mol. The normalized spacial score (nSPS) is 16.7. The van der Waals surface area contributed by atoms with E-state index in [2.05, 4.69) is 15.4 Å². The van der Waals surface area contributed by atoms with Crippen molar-refractivity contribution in [3.05, 3.63) is 41.2 Å². The first kappa shape index (κ1) is 15.4. The van der Waals surface area contributed by atoms with Gasteiger partial charge in [-0.05, 0) is 24.6 Å². The van der Waals surface area contributed by atoms with Crippen LogP contribution in [0, 0.1) is 5.82 Å². The number of rotatable bonds is 4. The van der Waals surface area contributed by atoms with Gasteiger partial charge in [0.25, 0.3) is 5.82 Å². The SMILES string of the molecule is CCOC(=O)c1nc2n(n1)CC(c1ccc(F)c(OC)c1)NC2. The summed E-state index contributed by atoms with van der Waals surface area (Å²) >= 11 is 0. The van der Waals surface area contributed by atoms with Crippen molar-refractivity contribution in [2.24, 2.45) is 0 Å². The first-order valence-electron chi connectivity index (χ1n) is 7.30. The van der Waals surface area contributed by atoms with Crippen LogP contribution in [0.3, 0.4) is 0 Å². The second-order valence-electron chi connectivity index (χ2n) is 5.08. The summed E-state index contributed by atoms with van der Waals surface area (Å²) < 4.78 is 25.1. The molecule has 0 spiro atoms. The number of carbonyl (C=O) groups excluding carboxylic acids is 1. The number of hydrogen-bond acceptors (Lipinski definition) is 6. The molecule has 0 aliphatic carbocycles. The van der Waals surface area contributed by atoms with Crippen molar-refractivity contribution in [3.63, 3.8) is 0 Å². The van der Waals surface area contributed by atoms with Gasteiger partial charge in [0.05, 0.1) is 32.8 Å². The lowest BCUT2D eigenvalue weighted by Crippen LogP contribution is -2.33. The zero-order valence-electron chi connectivity index (χ0n) is 12.9. The van der Waals surface area contributed by atoms with Crippen LogP contribution in [-0.4, -0.2) is 34.5 Å². The molecule has 1 unspecified atom stereocenters. The Balaban J connectivity index is 1.81. The topological polar surface area (TPSA) is 78.3 Å². The van der Waals surface area contributed by atoms with Gasteiger partial charge in [-0.15, -0.1) is 5.10 Å². The van der Waals surface area contributed by atoms with Crippen LogP contribution in [0.15, 0.2) is 18.2 Å². The summed E-state index contributed by atoms with van der Waals surface area (Å²) in [6, 6.07) is 4.65. The number of nitrogens with zero attached hydrogens (tertiary/aromatic N) is 3. The highest BCUT2D eigenvalue weighted by Crippen LogP contribution is 2.25. The third-order valence-corrected chi connectivity index (χ3v) is 3.65. The molecule has 23 heavy (non-hydrogen) atoms. The average Bonchev–Trinajstić information content (AvgIpc) is 2.99. The van der Waals surface area contributed by atoms with Gasteiger partial charge in [-0.3, -0.25) is 0 Å². The molecule has 0 saturated carbocycles. The zero-order chi connectivity index (χ0) is 16.4. The van der Waals surface area contributed by atoms with Gasteiger partial charge >= 0.3 is 5.97 Å². The third kappa shape index (κ3) is 3.02. The fraction of sp³-hybridized carbons (Fsp3) is 0.400. The molecule has 2 heterocycles. The molecular formula is C15H17FN4O3. The van der Waals surface area contributed by atoms with Gasteiger partial charge in [0, 0.05) is 0 Å². The first-order valence-corrected chi connectivity index (χ1v) is 7.30. The molecule has 7 nitrogen and oxygen atoms in total. The van der Waals surface area contributed by atoms with Crippen LogP contribution in [0.1, 0.15) is 35.0 Å². The van der Waals surface area contributed by atoms with Crippen molar-refractivity contribution in [3.8, 4) is 5.75 Å². The number of esters is 1. The zero-order valence-corrected chi connectivity index (χ0v) is 12.9. The predicted octanol–water partition coefficient (Wildman–Crippen LogP) is 1.45. The molecule has 0 fully saturated rings. The molecule has 1 aromatic heterocycles. The number of fused-ring (bicyclic) bond motifs is 1. The Bertz CT molecular complexity index is 732. The molecule has 0 bridgehead atoms. The van der Waals surface area contributed by atoms with Gasteiger partial charge in [-0.1, -0.05) is 6.07 Å². The van der Waals surface area contributed by atoms with E-state index in [9.17, 15) is 9.18 Å². The second-order valence-corrected chi connectivity index (χ2v) is 5.08. The Morgan fingerprint density at radius 1 is 1.52 bits per heavy atom. The Hall–Kier alpha value is -2.48. The van der Waals surface area contributed by atoms with Gasteiger partial charge < -0.3 is 14.8 Å². The number of halogens is 1. The predicted molar refractivity (Wildman–Crippen MR) is 78.5 cm³/mol. The number of carbonyl (C=O) groups is 1. The fourth-order valence-electron chi connectivity index (χ4n) is 2.50. The molecule has 1 aromatic carbocycles. The maximum atomic E-state index is 13.5. The van der Waals surface area contributed by atoms with Crippen molar-refractivity contribution >= 4 is 5.97 Å². The second kappa shape index (κ2) is 6.33. The van der Waals surface area contributed by atoms with Gasteiger partial charge in [-0.25, -0.2) is 18.9 Å². The van der Waals surface area contributed by atoms with Gasteiger partial charge in [0.2, 0.25) is 0 Å². The van der Waals surface area contributed by atoms with E-state index in [0.717, 1.165) is 5.56 Å². The van der Waals surface area contributed by atoms with Crippen LogP contribution in [0.25, 0.3) is 0 Å². The molecule has 1 N–H and O–H groups in total. The summed E-state index contributed by atoms with van der Waals surface area (Å²) in [7, 11) is 1.43. The smallest absolute Gasteiger partial charge is 0.378 e. The minimum absolute atomic E-state index is 0.0565. The van der Waals surface area contributed by atoms with Crippen molar-refractivity contribution in [2.75, 3.05) is 13.7 Å². The molecule has 0 saturated heterocycles. The molecule has 122 valence electrons. The molecule has 2 aromatic rings. The summed E-state index contributed by atoms with van der Waals surface area (Å²) in [4.78, 5) is 15.9. The van der Waals surface area contributed by atoms with E-state index in [-0.39, 0.29) is 24.2 Å². The van der Waals surface area contributed by atoms with Crippen molar-refractivity contribution in [1.82, 2.24) is 20.1 Å². The quantitative estimate of drug-likeness (QED) is 0.859. The molecule has 1 atom stereocenters. The number of hydrogen-bond donors (Lipinski definition) is 1. The molecule has 0 amide bonds. The summed E-state index contributed by atoms with van der Waals surface area (Å²) in [6.07, 6.45) is 0. The standard InChI is InChI=1S/C15H17FN4O3/c1-3-23-15(21)14-18-13-7-17-11(8-20(13)19-14)9-4-5-10(16)12(6-9)22-2/h4-6,11,17H,3,7-8H2,1-2H3. The fourth-order valence-corrected chi connectivity index (χ4v) is 2.50. The molecule has 1 aliphatic rings. The maximum absolute atomic E-state index is 13.5. The van der Waals surface area contributed by atoms with E-state index in [1.807, 2.05) is 0 Å². The largest absolute Gasteiger partial charge is 0.494 e. The van der Waals surface area contributed by atoms with Crippen LogP contribution in [0.4, 0.5) is 4.39 Å².